The summed E-state index contributed by atoms with van der Waals surface area (Å²) in [5.41, 5.74) is 6.04. The van der Waals surface area contributed by atoms with Gasteiger partial charge in [0.1, 0.15) is 11.8 Å². The summed E-state index contributed by atoms with van der Waals surface area (Å²) in [4.78, 5) is 29.6. The molecule has 1 atom stereocenters. The van der Waals surface area contributed by atoms with Crippen LogP contribution in [-0.2, 0) is 17.6 Å². The Morgan fingerprint density at radius 3 is 2.63 bits per heavy atom. The van der Waals surface area contributed by atoms with Crippen LogP contribution in [0.25, 0.3) is 17.4 Å². The van der Waals surface area contributed by atoms with E-state index in [1.807, 2.05) is 36.7 Å². The molecule has 6 nitrogen and oxygen atoms in total. The van der Waals surface area contributed by atoms with Gasteiger partial charge in [0.15, 0.2) is 5.76 Å². The summed E-state index contributed by atoms with van der Waals surface area (Å²) in [5.74, 6) is 0.535. The predicted molar refractivity (Wildman–Crippen MR) is 136 cm³/mol. The third-order valence-electron chi connectivity index (χ3n) is 7.15. The normalized spacial score (nSPS) is 16.3. The van der Waals surface area contributed by atoms with Gasteiger partial charge in [-0.1, -0.05) is 43.0 Å². The van der Waals surface area contributed by atoms with Crippen molar-refractivity contribution < 1.29 is 14.0 Å². The Labute approximate surface area is 205 Å². The molecular weight excluding hydrogens is 438 g/mol. The fourth-order valence-electron chi connectivity index (χ4n) is 5.29. The van der Waals surface area contributed by atoms with Gasteiger partial charge in [-0.2, -0.15) is 0 Å². The van der Waals surface area contributed by atoms with E-state index in [-0.39, 0.29) is 23.5 Å². The first-order chi connectivity index (χ1) is 17.1. The summed E-state index contributed by atoms with van der Waals surface area (Å²) < 4.78 is 5.95. The number of nitrogens with one attached hydrogen (secondary N) is 2. The Hall–Kier alpha value is -3.67. The monoisotopic (exact) mass is 469 g/mol. The predicted octanol–water partition coefficient (Wildman–Crippen LogP) is 4.95. The topological polar surface area (TPSA) is 84.2 Å². The molecule has 2 aliphatic rings. The smallest absolute Gasteiger partial charge is 0.287 e. The minimum Gasteiger partial charge on any atom is -0.451 e. The Bertz CT molecular complexity index is 1240. The van der Waals surface area contributed by atoms with Crippen LogP contribution in [0.3, 0.4) is 0 Å². The van der Waals surface area contributed by atoms with Crippen molar-refractivity contribution in [2.45, 2.75) is 51.0 Å². The largest absolute Gasteiger partial charge is 0.451 e. The molecule has 5 rings (SSSR count). The van der Waals surface area contributed by atoms with E-state index in [1.165, 1.54) is 28.7 Å². The van der Waals surface area contributed by atoms with Crippen LogP contribution in [0, 0.1) is 5.92 Å². The molecule has 2 aliphatic carbocycles. The summed E-state index contributed by atoms with van der Waals surface area (Å²) in [6.07, 6.45) is 13.0. The molecule has 1 aromatic carbocycles. The molecule has 2 heterocycles. The standard InChI is InChI=1S/C29H31N3O3/c1-30-29(34)27(21-5-3-2-4-6-21)32-28(33)26-10-9-25(35-26)23-8-7-22-16-20(17-24(22)18-23)15-19-11-13-31-14-12-19/h7-14,16,18,21,27H,2-6,15,17H2,1H3,(H,30,34)(H,32,33)/t27-/m0/s1. The van der Waals surface area contributed by atoms with Gasteiger partial charge < -0.3 is 15.1 Å². The maximum absolute atomic E-state index is 13.0. The van der Waals surface area contributed by atoms with Crippen LogP contribution in [0.2, 0.25) is 0 Å². The van der Waals surface area contributed by atoms with Gasteiger partial charge in [0.2, 0.25) is 5.91 Å². The van der Waals surface area contributed by atoms with Gasteiger partial charge in [0.25, 0.3) is 5.91 Å². The van der Waals surface area contributed by atoms with Crippen LogP contribution in [-0.4, -0.2) is 29.9 Å². The van der Waals surface area contributed by atoms with E-state index in [2.05, 4.69) is 33.8 Å². The van der Waals surface area contributed by atoms with E-state index in [0.29, 0.717) is 5.76 Å². The van der Waals surface area contributed by atoms with Crippen molar-refractivity contribution in [3.63, 3.8) is 0 Å². The minimum absolute atomic E-state index is 0.147. The van der Waals surface area contributed by atoms with Crippen molar-refractivity contribution in [2.24, 2.45) is 5.92 Å². The number of benzene rings is 1. The number of fused-ring (bicyclic) bond motifs is 1. The molecule has 0 bridgehead atoms. The van der Waals surface area contributed by atoms with Crippen molar-refractivity contribution in [2.75, 3.05) is 7.05 Å². The van der Waals surface area contributed by atoms with E-state index in [9.17, 15) is 9.59 Å². The van der Waals surface area contributed by atoms with Gasteiger partial charge in [-0.25, -0.2) is 0 Å². The Balaban J connectivity index is 1.27. The first kappa shape index (κ1) is 23.1. The quantitative estimate of drug-likeness (QED) is 0.513. The molecule has 6 heteroatoms. The number of carbonyl (C=O) groups excluding carboxylic acids is 2. The maximum Gasteiger partial charge on any atom is 0.287 e. The second kappa shape index (κ2) is 10.3. The van der Waals surface area contributed by atoms with Crippen LogP contribution < -0.4 is 10.6 Å². The number of amides is 2. The van der Waals surface area contributed by atoms with E-state index in [0.717, 1.165) is 44.1 Å². The lowest BCUT2D eigenvalue weighted by Crippen LogP contribution is -2.50. The second-order valence-electron chi connectivity index (χ2n) is 9.55. The Kier molecular flexibility index (Phi) is 6.80. The molecule has 3 aromatic rings. The minimum atomic E-state index is -0.536. The summed E-state index contributed by atoms with van der Waals surface area (Å²) in [5, 5.41) is 5.63. The molecule has 0 radical (unpaired) electrons. The molecule has 2 amide bonds. The number of nitrogens with zero attached hydrogens (tertiary/aromatic N) is 1. The average molecular weight is 470 g/mol. The lowest BCUT2D eigenvalue weighted by Gasteiger charge is -2.29. The van der Waals surface area contributed by atoms with E-state index >= 15 is 0 Å². The summed E-state index contributed by atoms with van der Waals surface area (Å²) in [6, 6.07) is 13.4. The van der Waals surface area contributed by atoms with Crippen LogP contribution >= 0.6 is 0 Å². The number of aromatic nitrogens is 1. The van der Waals surface area contributed by atoms with Gasteiger partial charge in [-0.3, -0.25) is 14.6 Å². The SMILES string of the molecule is CNC(=O)[C@@H](NC(=O)c1ccc(-c2ccc3c(c2)CC(Cc2ccncc2)=C3)o1)C1CCCCC1. The Morgan fingerprint density at radius 1 is 1.06 bits per heavy atom. The summed E-state index contributed by atoms with van der Waals surface area (Å²) in [7, 11) is 1.61. The van der Waals surface area contributed by atoms with Gasteiger partial charge >= 0.3 is 0 Å². The molecule has 0 spiro atoms. The second-order valence-corrected chi connectivity index (χ2v) is 9.55. The maximum atomic E-state index is 13.0. The first-order valence-corrected chi connectivity index (χ1v) is 12.4. The third-order valence-corrected chi connectivity index (χ3v) is 7.15. The fourth-order valence-corrected chi connectivity index (χ4v) is 5.29. The number of rotatable bonds is 7. The van der Waals surface area contributed by atoms with Gasteiger partial charge in [-0.15, -0.1) is 0 Å². The number of hydrogen-bond acceptors (Lipinski definition) is 4. The van der Waals surface area contributed by atoms with Crippen LogP contribution in [0.15, 0.2) is 64.8 Å². The number of likely N-dealkylation sites (N-methyl/N-ethyl adjacent to an activating group) is 1. The van der Waals surface area contributed by atoms with Crippen LogP contribution in [0.4, 0.5) is 0 Å². The molecule has 35 heavy (non-hydrogen) atoms. The van der Waals surface area contributed by atoms with E-state index in [1.54, 1.807) is 13.1 Å². The van der Waals surface area contributed by atoms with Crippen LogP contribution in [0.5, 0.6) is 0 Å². The molecule has 180 valence electrons. The lowest BCUT2D eigenvalue weighted by atomic mass is 9.83. The van der Waals surface area contributed by atoms with Gasteiger partial charge in [0.05, 0.1) is 0 Å². The highest BCUT2D eigenvalue weighted by Gasteiger charge is 2.31. The van der Waals surface area contributed by atoms with Crippen molar-refractivity contribution in [1.82, 2.24) is 15.6 Å². The number of furan rings is 1. The molecule has 0 unspecified atom stereocenters. The van der Waals surface area contributed by atoms with E-state index in [4.69, 9.17) is 4.42 Å². The number of allylic oxidation sites excluding steroid dienone is 1. The molecular formula is C29H31N3O3. The van der Waals surface area contributed by atoms with E-state index < -0.39 is 6.04 Å². The first-order valence-electron chi connectivity index (χ1n) is 12.4. The zero-order chi connectivity index (χ0) is 24.2. The molecule has 2 aromatic heterocycles. The Morgan fingerprint density at radius 2 is 1.86 bits per heavy atom. The molecule has 2 N–H and O–H groups in total. The fraction of sp³-hybridized carbons (Fsp3) is 0.345. The highest BCUT2D eigenvalue weighted by molar-refractivity contribution is 5.96. The van der Waals surface area contributed by atoms with Gasteiger partial charge in [0, 0.05) is 25.0 Å². The third kappa shape index (κ3) is 5.21. The highest BCUT2D eigenvalue weighted by atomic mass is 16.4. The van der Waals surface area contributed by atoms with Crippen molar-refractivity contribution in [1.29, 1.82) is 0 Å². The molecule has 1 fully saturated rings. The zero-order valence-electron chi connectivity index (χ0n) is 20.0. The molecule has 0 aliphatic heterocycles. The summed E-state index contributed by atoms with van der Waals surface area (Å²) in [6.45, 7) is 0. The number of hydrogen-bond donors (Lipinski definition) is 2. The molecule has 0 saturated heterocycles. The highest BCUT2D eigenvalue weighted by Crippen LogP contribution is 2.32. The summed E-state index contributed by atoms with van der Waals surface area (Å²) >= 11 is 0. The zero-order valence-corrected chi connectivity index (χ0v) is 20.0. The lowest BCUT2D eigenvalue weighted by molar-refractivity contribution is -0.124. The van der Waals surface area contributed by atoms with Crippen molar-refractivity contribution in [3.05, 3.63) is 82.9 Å². The number of pyridine rings is 1. The van der Waals surface area contributed by atoms with Crippen molar-refractivity contribution in [3.8, 4) is 11.3 Å². The van der Waals surface area contributed by atoms with Crippen LogP contribution in [0.1, 0.15) is 59.3 Å². The average Bonchev–Trinajstić information content (AvgIpc) is 3.54. The molecule has 1 saturated carbocycles. The number of carbonyl (C=O) groups is 2. The van der Waals surface area contributed by atoms with Crippen molar-refractivity contribution >= 4 is 17.9 Å². The van der Waals surface area contributed by atoms with Gasteiger partial charge in [-0.05, 0) is 78.6 Å².